The number of nitrogens with zero attached hydrogens (tertiary/aromatic N) is 2. The molecular formula is C20H13BrN2O5S. The van der Waals surface area contributed by atoms with Crippen molar-refractivity contribution in [3.05, 3.63) is 68.5 Å². The molecule has 2 aromatic carbocycles. The number of hydrogen-bond acceptors (Lipinski definition) is 6. The van der Waals surface area contributed by atoms with Crippen LogP contribution >= 0.6 is 27.7 Å². The lowest BCUT2D eigenvalue weighted by atomic mass is 10.1. The molecule has 1 aliphatic rings. The van der Waals surface area contributed by atoms with E-state index in [-0.39, 0.29) is 17.2 Å². The number of imide groups is 1. The van der Waals surface area contributed by atoms with Gasteiger partial charge in [-0.15, -0.1) is 0 Å². The molecule has 29 heavy (non-hydrogen) atoms. The Morgan fingerprint density at radius 1 is 1.28 bits per heavy atom. The largest absolute Gasteiger partial charge is 0.481 e. The maximum atomic E-state index is 12.8. The second-order valence-electron chi connectivity index (χ2n) is 5.90. The van der Waals surface area contributed by atoms with Crippen LogP contribution in [-0.2, 0) is 16.1 Å². The number of benzene rings is 2. The summed E-state index contributed by atoms with van der Waals surface area (Å²) in [7, 11) is 0. The first-order valence-corrected chi connectivity index (χ1v) is 9.87. The van der Waals surface area contributed by atoms with Crippen molar-refractivity contribution in [3.8, 4) is 11.8 Å². The fourth-order valence-corrected chi connectivity index (χ4v) is 3.83. The smallest absolute Gasteiger partial charge is 0.341 e. The van der Waals surface area contributed by atoms with Crippen molar-refractivity contribution in [2.45, 2.75) is 6.54 Å². The molecule has 7 nitrogen and oxygen atoms in total. The Morgan fingerprint density at radius 2 is 2.03 bits per heavy atom. The molecule has 0 radical (unpaired) electrons. The van der Waals surface area contributed by atoms with Crippen LogP contribution in [0.5, 0.6) is 5.75 Å². The predicted molar refractivity (Wildman–Crippen MR) is 110 cm³/mol. The van der Waals surface area contributed by atoms with E-state index in [4.69, 9.17) is 9.84 Å². The highest BCUT2D eigenvalue weighted by Gasteiger charge is 2.35. The summed E-state index contributed by atoms with van der Waals surface area (Å²) in [6.07, 6.45) is 1.49. The molecule has 3 rings (SSSR count). The molecule has 0 bridgehead atoms. The number of thioether (sulfide) groups is 1. The molecule has 146 valence electrons. The van der Waals surface area contributed by atoms with Crippen molar-refractivity contribution < 1.29 is 24.2 Å². The molecule has 1 saturated heterocycles. The molecule has 0 aromatic heterocycles. The molecule has 1 fully saturated rings. The lowest BCUT2D eigenvalue weighted by Gasteiger charge is -2.13. The molecule has 0 saturated carbocycles. The van der Waals surface area contributed by atoms with Gasteiger partial charge in [0.2, 0.25) is 0 Å². The molecule has 0 aliphatic carbocycles. The highest BCUT2D eigenvalue weighted by atomic mass is 79.9. The second-order valence-corrected chi connectivity index (χ2v) is 7.81. The Labute approximate surface area is 178 Å². The summed E-state index contributed by atoms with van der Waals surface area (Å²) in [4.78, 5) is 37.2. The van der Waals surface area contributed by atoms with E-state index in [2.05, 4.69) is 15.9 Å². The van der Waals surface area contributed by atoms with Gasteiger partial charge >= 0.3 is 5.97 Å². The summed E-state index contributed by atoms with van der Waals surface area (Å²) < 4.78 is 5.96. The predicted octanol–water partition coefficient (Wildman–Crippen LogP) is 4.02. The van der Waals surface area contributed by atoms with Crippen molar-refractivity contribution in [1.82, 2.24) is 4.90 Å². The molecular weight excluding hydrogens is 460 g/mol. The Hall–Kier alpha value is -3.09. The fourth-order valence-electron chi connectivity index (χ4n) is 2.62. The number of carbonyl (C=O) groups is 3. The molecule has 9 heteroatoms. The third-order valence-electron chi connectivity index (χ3n) is 3.95. The van der Waals surface area contributed by atoms with Crippen molar-refractivity contribution >= 4 is 50.9 Å². The van der Waals surface area contributed by atoms with Gasteiger partial charge in [0, 0.05) is 10.0 Å². The van der Waals surface area contributed by atoms with Gasteiger partial charge < -0.3 is 9.84 Å². The average Bonchev–Trinajstić information content (AvgIpc) is 2.95. The Kier molecular flexibility index (Phi) is 6.36. The zero-order valence-electron chi connectivity index (χ0n) is 14.8. The van der Waals surface area contributed by atoms with E-state index in [1.165, 1.54) is 6.08 Å². The lowest BCUT2D eigenvalue weighted by molar-refractivity contribution is -0.139. The third kappa shape index (κ3) is 4.85. The number of carboxylic acids is 1. The first kappa shape index (κ1) is 20.6. The fraction of sp³-hybridized carbons (Fsp3) is 0.100. The summed E-state index contributed by atoms with van der Waals surface area (Å²) >= 11 is 4.10. The maximum absolute atomic E-state index is 12.8. The number of carbonyl (C=O) groups excluding carboxylic acids is 2. The van der Waals surface area contributed by atoms with Gasteiger partial charge in [-0.1, -0.05) is 34.1 Å². The Balaban J connectivity index is 1.88. The van der Waals surface area contributed by atoms with E-state index in [1.807, 2.05) is 6.07 Å². The van der Waals surface area contributed by atoms with E-state index in [9.17, 15) is 19.6 Å². The average molecular weight is 473 g/mol. The van der Waals surface area contributed by atoms with Gasteiger partial charge in [-0.05, 0) is 47.7 Å². The van der Waals surface area contributed by atoms with Crippen LogP contribution in [0.3, 0.4) is 0 Å². The van der Waals surface area contributed by atoms with Gasteiger partial charge in [0.1, 0.15) is 5.75 Å². The summed E-state index contributed by atoms with van der Waals surface area (Å²) in [6, 6.07) is 13.7. The summed E-state index contributed by atoms with van der Waals surface area (Å²) in [5.41, 5.74) is 1.43. The van der Waals surface area contributed by atoms with Crippen LogP contribution in [0.15, 0.2) is 51.8 Å². The monoisotopic (exact) mass is 472 g/mol. The molecule has 1 aliphatic heterocycles. The van der Waals surface area contributed by atoms with Gasteiger partial charge in [-0.2, -0.15) is 5.26 Å². The van der Waals surface area contributed by atoms with Gasteiger partial charge in [0.25, 0.3) is 11.1 Å². The van der Waals surface area contributed by atoms with Crippen LogP contribution in [-0.4, -0.2) is 33.7 Å². The molecule has 0 unspecified atom stereocenters. The third-order valence-corrected chi connectivity index (χ3v) is 5.35. The van der Waals surface area contributed by atoms with E-state index in [0.717, 1.165) is 16.7 Å². The van der Waals surface area contributed by atoms with Crippen molar-refractivity contribution in [2.75, 3.05) is 6.61 Å². The minimum Gasteiger partial charge on any atom is -0.481 e. The van der Waals surface area contributed by atoms with Crippen LogP contribution in [0.25, 0.3) is 6.08 Å². The van der Waals surface area contributed by atoms with Gasteiger partial charge in [0.15, 0.2) is 6.61 Å². The number of halogens is 1. The number of aliphatic carboxylic acids is 1. The van der Waals surface area contributed by atoms with E-state index >= 15 is 0 Å². The van der Waals surface area contributed by atoms with Crippen molar-refractivity contribution in [3.63, 3.8) is 0 Å². The summed E-state index contributed by atoms with van der Waals surface area (Å²) in [5.74, 6) is -1.34. The zero-order valence-corrected chi connectivity index (χ0v) is 17.2. The molecule has 2 amide bonds. The van der Waals surface area contributed by atoms with Crippen molar-refractivity contribution in [1.29, 1.82) is 5.26 Å². The van der Waals surface area contributed by atoms with Gasteiger partial charge in [0.05, 0.1) is 23.1 Å². The van der Waals surface area contributed by atoms with E-state index in [1.54, 1.807) is 42.5 Å². The number of hydrogen-bond donors (Lipinski definition) is 1. The Morgan fingerprint density at radius 3 is 2.76 bits per heavy atom. The molecule has 0 spiro atoms. The van der Waals surface area contributed by atoms with Crippen LogP contribution in [0.2, 0.25) is 0 Å². The highest BCUT2D eigenvalue weighted by Crippen LogP contribution is 2.35. The van der Waals surface area contributed by atoms with Gasteiger partial charge in [-0.25, -0.2) is 4.79 Å². The SMILES string of the molecule is N#Cc1ccccc1CN1C(=O)S/C(=C/c2cc(Br)ccc2OCC(=O)O)C1=O. The minimum absolute atomic E-state index is 0.00735. The molecule has 1 heterocycles. The number of carboxylic acid groups (broad SMARTS) is 1. The van der Waals surface area contributed by atoms with E-state index < -0.39 is 23.7 Å². The summed E-state index contributed by atoms with van der Waals surface area (Å²) in [6.45, 7) is -0.540. The first-order valence-electron chi connectivity index (χ1n) is 8.26. The number of rotatable bonds is 6. The number of amides is 2. The molecule has 1 N–H and O–H groups in total. The van der Waals surface area contributed by atoms with Crippen molar-refractivity contribution in [2.24, 2.45) is 0 Å². The topological polar surface area (TPSA) is 108 Å². The van der Waals surface area contributed by atoms with Crippen LogP contribution in [0.1, 0.15) is 16.7 Å². The minimum atomic E-state index is -1.13. The second kappa shape index (κ2) is 8.94. The van der Waals surface area contributed by atoms with Crippen LogP contribution in [0.4, 0.5) is 4.79 Å². The molecule has 0 atom stereocenters. The standard InChI is InChI=1S/C20H13BrN2O5S/c21-15-5-6-16(28-11-18(24)25)14(7-15)8-17-19(26)23(20(27)29-17)10-13-4-2-1-3-12(13)9-22/h1-8H,10-11H2,(H,24,25)/b17-8+. The highest BCUT2D eigenvalue weighted by molar-refractivity contribution is 9.10. The molecule has 2 aromatic rings. The van der Waals surface area contributed by atoms with Crippen LogP contribution < -0.4 is 4.74 Å². The Bertz CT molecular complexity index is 1080. The number of nitriles is 1. The normalized spacial score (nSPS) is 14.9. The lowest BCUT2D eigenvalue weighted by Crippen LogP contribution is -2.27. The quantitative estimate of drug-likeness (QED) is 0.632. The maximum Gasteiger partial charge on any atom is 0.341 e. The first-order chi connectivity index (χ1) is 13.9. The van der Waals surface area contributed by atoms with E-state index in [0.29, 0.717) is 21.2 Å². The van der Waals surface area contributed by atoms with Gasteiger partial charge in [-0.3, -0.25) is 14.5 Å². The zero-order chi connectivity index (χ0) is 21.0. The van der Waals surface area contributed by atoms with Crippen LogP contribution in [0, 0.1) is 11.3 Å². The number of ether oxygens (including phenoxy) is 1. The summed E-state index contributed by atoms with van der Waals surface area (Å²) in [5, 5.41) is 17.6.